The molecule has 0 amide bonds. The van der Waals surface area contributed by atoms with Crippen molar-refractivity contribution in [2.24, 2.45) is 5.92 Å². The predicted molar refractivity (Wildman–Crippen MR) is 140 cm³/mol. The van der Waals surface area contributed by atoms with Crippen LogP contribution in [0.1, 0.15) is 116 Å². The van der Waals surface area contributed by atoms with Crippen LogP contribution >= 0.6 is 0 Å². The van der Waals surface area contributed by atoms with Gasteiger partial charge in [-0.15, -0.1) is 0 Å². The molecule has 32 heavy (non-hydrogen) atoms. The first kappa shape index (κ1) is 30.6. The molecule has 1 N–H and O–H groups in total. The van der Waals surface area contributed by atoms with Crippen LogP contribution < -0.4 is 0 Å². The van der Waals surface area contributed by atoms with Gasteiger partial charge in [-0.2, -0.15) is 0 Å². The molecule has 0 bridgehead atoms. The maximum Gasteiger partial charge on any atom is 0.306 e. The minimum absolute atomic E-state index is 0.111. The SMILES string of the molecule is CCCCC(CC)C(=O)O.CN(C)CCCCCCCCCCCCCc1ccccc1. The summed E-state index contributed by atoms with van der Waals surface area (Å²) in [5.74, 6) is -0.754. The first-order chi connectivity index (χ1) is 15.5. The maximum atomic E-state index is 10.4. The number of carboxylic acid groups (broad SMARTS) is 1. The van der Waals surface area contributed by atoms with E-state index in [2.05, 4.69) is 56.3 Å². The second kappa shape index (κ2) is 22.8. The average molecular weight is 448 g/mol. The van der Waals surface area contributed by atoms with Crippen molar-refractivity contribution in [3.05, 3.63) is 35.9 Å². The number of carbonyl (C=O) groups is 1. The highest BCUT2D eigenvalue weighted by atomic mass is 16.4. The van der Waals surface area contributed by atoms with Crippen LogP contribution in [-0.2, 0) is 11.2 Å². The predicted octanol–water partition coefficient (Wildman–Crippen LogP) is 8.37. The van der Waals surface area contributed by atoms with E-state index in [4.69, 9.17) is 5.11 Å². The lowest BCUT2D eigenvalue weighted by molar-refractivity contribution is -0.142. The van der Waals surface area contributed by atoms with Gasteiger partial charge in [-0.3, -0.25) is 4.79 Å². The van der Waals surface area contributed by atoms with Crippen molar-refractivity contribution in [2.45, 2.75) is 117 Å². The molecule has 1 atom stereocenters. The molecule has 0 heterocycles. The van der Waals surface area contributed by atoms with E-state index < -0.39 is 5.97 Å². The van der Waals surface area contributed by atoms with Gasteiger partial charge in [0, 0.05) is 0 Å². The standard InChI is InChI=1S/C21H37N.C8H16O2/c1-22(2)20-16-11-9-7-5-3-4-6-8-10-13-17-21-18-14-12-15-19-21;1-3-5-6-7(4-2)8(9)10/h12,14-15,18-19H,3-11,13,16-17,20H2,1-2H3;7H,3-6H2,1-2H3,(H,9,10). The van der Waals surface area contributed by atoms with Crippen molar-refractivity contribution in [3.8, 4) is 0 Å². The molecule has 3 heteroatoms. The molecule has 1 rings (SSSR count). The molecule has 0 aliphatic heterocycles. The van der Waals surface area contributed by atoms with E-state index in [9.17, 15) is 4.79 Å². The van der Waals surface area contributed by atoms with E-state index in [-0.39, 0.29) is 5.92 Å². The van der Waals surface area contributed by atoms with Gasteiger partial charge in [-0.05, 0) is 58.3 Å². The van der Waals surface area contributed by atoms with Gasteiger partial charge < -0.3 is 10.0 Å². The summed E-state index contributed by atoms with van der Waals surface area (Å²) < 4.78 is 0. The van der Waals surface area contributed by atoms with Gasteiger partial charge >= 0.3 is 5.97 Å². The number of hydrogen-bond donors (Lipinski definition) is 1. The van der Waals surface area contributed by atoms with Crippen LogP contribution in [0.2, 0.25) is 0 Å². The maximum absolute atomic E-state index is 10.4. The van der Waals surface area contributed by atoms with Crippen molar-refractivity contribution < 1.29 is 9.90 Å². The molecule has 3 nitrogen and oxygen atoms in total. The molecule has 186 valence electrons. The molecule has 0 spiro atoms. The molecule has 0 fully saturated rings. The lowest BCUT2D eigenvalue weighted by Crippen LogP contribution is -2.12. The molecule has 0 radical (unpaired) electrons. The van der Waals surface area contributed by atoms with Gasteiger partial charge in [0.15, 0.2) is 0 Å². The van der Waals surface area contributed by atoms with Crippen molar-refractivity contribution in [3.63, 3.8) is 0 Å². The second-order valence-corrected chi connectivity index (χ2v) is 9.51. The zero-order chi connectivity index (χ0) is 23.9. The smallest absolute Gasteiger partial charge is 0.306 e. The minimum Gasteiger partial charge on any atom is -0.481 e. The van der Waals surface area contributed by atoms with Gasteiger partial charge in [0.2, 0.25) is 0 Å². The van der Waals surface area contributed by atoms with Gasteiger partial charge in [0.1, 0.15) is 0 Å². The summed E-state index contributed by atoms with van der Waals surface area (Å²) in [7, 11) is 4.33. The second-order valence-electron chi connectivity index (χ2n) is 9.51. The van der Waals surface area contributed by atoms with E-state index in [1.165, 1.54) is 89.2 Å². The molecule has 0 aliphatic carbocycles. The molecule has 1 unspecified atom stereocenters. The van der Waals surface area contributed by atoms with Crippen LogP contribution in [0.3, 0.4) is 0 Å². The first-order valence-corrected chi connectivity index (χ1v) is 13.4. The fourth-order valence-electron chi connectivity index (χ4n) is 3.95. The van der Waals surface area contributed by atoms with Crippen LogP contribution in [0.4, 0.5) is 0 Å². The van der Waals surface area contributed by atoms with Crippen LogP contribution in [0.5, 0.6) is 0 Å². The highest BCUT2D eigenvalue weighted by Crippen LogP contribution is 2.13. The van der Waals surface area contributed by atoms with Gasteiger partial charge in [-0.1, -0.05) is 115 Å². The lowest BCUT2D eigenvalue weighted by atomic mass is 10.00. The molecule has 1 aromatic rings. The summed E-state index contributed by atoms with van der Waals surface area (Å²) in [5.41, 5.74) is 1.50. The largest absolute Gasteiger partial charge is 0.481 e. The summed E-state index contributed by atoms with van der Waals surface area (Å²) >= 11 is 0. The number of nitrogens with zero attached hydrogens (tertiary/aromatic N) is 1. The lowest BCUT2D eigenvalue weighted by Gasteiger charge is -2.08. The third-order valence-electron chi connectivity index (χ3n) is 6.16. The summed E-state index contributed by atoms with van der Waals surface area (Å²) in [5, 5.41) is 8.60. The number of carboxylic acids is 1. The van der Waals surface area contributed by atoms with Gasteiger partial charge in [0.05, 0.1) is 5.92 Å². The zero-order valence-electron chi connectivity index (χ0n) is 21.8. The van der Waals surface area contributed by atoms with Crippen molar-refractivity contribution in [1.82, 2.24) is 4.90 Å². The molecule has 1 aromatic carbocycles. The van der Waals surface area contributed by atoms with Crippen molar-refractivity contribution in [2.75, 3.05) is 20.6 Å². The number of aliphatic carboxylic acids is 1. The number of rotatable bonds is 19. The van der Waals surface area contributed by atoms with Crippen molar-refractivity contribution in [1.29, 1.82) is 0 Å². The molecular weight excluding hydrogens is 394 g/mol. The normalized spacial score (nSPS) is 11.8. The summed E-state index contributed by atoms with van der Waals surface area (Å²) in [6, 6.07) is 10.9. The number of hydrogen-bond acceptors (Lipinski definition) is 2. The van der Waals surface area contributed by atoms with E-state index in [1.807, 2.05) is 6.92 Å². The molecule has 0 saturated carbocycles. The Labute approximate surface area is 200 Å². The average Bonchev–Trinajstić information content (AvgIpc) is 2.78. The van der Waals surface area contributed by atoms with Gasteiger partial charge in [-0.25, -0.2) is 0 Å². The Morgan fingerprint density at radius 1 is 0.781 bits per heavy atom. The Morgan fingerprint density at radius 3 is 1.72 bits per heavy atom. The molecule has 0 aromatic heterocycles. The summed E-state index contributed by atoms with van der Waals surface area (Å²) in [6.45, 7) is 5.26. The molecule has 0 aliphatic rings. The number of unbranched alkanes of at least 4 members (excludes halogenated alkanes) is 11. The Morgan fingerprint density at radius 2 is 1.28 bits per heavy atom. The van der Waals surface area contributed by atoms with E-state index in [0.717, 1.165) is 25.7 Å². The Bertz CT molecular complexity index is 515. The van der Waals surface area contributed by atoms with E-state index >= 15 is 0 Å². The summed E-state index contributed by atoms with van der Waals surface area (Å²) in [4.78, 5) is 12.7. The quantitative estimate of drug-likeness (QED) is 0.216. The number of benzene rings is 1. The fourth-order valence-corrected chi connectivity index (χ4v) is 3.95. The first-order valence-electron chi connectivity index (χ1n) is 13.4. The van der Waals surface area contributed by atoms with Crippen LogP contribution in [0, 0.1) is 5.92 Å². The van der Waals surface area contributed by atoms with Crippen LogP contribution in [0.15, 0.2) is 30.3 Å². The van der Waals surface area contributed by atoms with Crippen molar-refractivity contribution >= 4 is 5.97 Å². The Kier molecular flexibility index (Phi) is 21.9. The molecular formula is C29H53NO2. The van der Waals surface area contributed by atoms with Gasteiger partial charge in [0.25, 0.3) is 0 Å². The topological polar surface area (TPSA) is 40.5 Å². The number of aryl methyl sites for hydroxylation is 1. The third kappa shape index (κ3) is 20.5. The highest BCUT2D eigenvalue weighted by Gasteiger charge is 2.12. The van der Waals surface area contributed by atoms with Crippen LogP contribution in [0.25, 0.3) is 0 Å². The Balaban J connectivity index is 0.000000809. The minimum atomic E-state index is -0.643. The van der Waals surface area contributed by atoms with E-state index in [1.54, 1.807) is 0 Å². The zero-order valence-corrected chi connectivity index (χ0v) is 21.8. The molecule has 0 saturated heterocycles. The third-order valence-corrected chi connectivity index (χ3v) is 6.16. The Hall–Kier alpha value is -1.35. The van der Waals surface area contributed by atoms with E-state index in [0.29, 0.717) is 0 Å². The monoisotopic (exact) mass is 447 g/mol. The van der Waals surface area contributed by atoms with Crippen LogP contribution in [-0.4, -0.2) is 36.6 Å². The summed E-state index contributed by atoms with van der Waals surface area (Å²) in [6.07, 6.45) is 20.6. The highest BCUT2D eigenvalue weighted by molar-refractivity contribution is 5.69. The fraction of sp³-hybridized carbons (Fsp3) is 0.759.